The molecule has 0 radical (unpaired) electrons. The lowest BCUT2D eigenvalue weighted by atomic mass is 10.1. The third-order valence-corrected chi connectivity index (χ3v) is 4.95. The van der Waals surface area contributed by atoms with Gasteiger partial charge >= 0.3 is 0 Å². The summed E-state index contributed by atoms with van der Waals surface area (Å²) in [6.07, 6.45) is -0.396. The average Bonchev–Trinajstić information content (AvgIpc) is 2.95. The van der Waals surface area contributed by atoms with Gasteiger partial charge in [-0.3, -0.25) is 14.6 Å². The van der Waals surface area contributed by atoms with Gasteiger partial charge in [-0.05, 0) is 18.1 Å². The lowest BCUT2D eigenvalue weighted by molar-refractivity contribution is -0.122. The molecule has 1 aromatic carbocycles. The largest absolute Gasteiger partial charge is 0.390 e. The molecule has 2 saturated heterocycles. The summed E-state index contributed by atoms with van der Waals surface area (Å²) >= 11 is 0. The molecular weight excluding hydrogens is 306 g/mol. The minimum atomic E-state index is -0.396. The number of carbonyl (C=O) groups is 1. The first-order valence-corrected chi connectivity index (χ1v) is 8.67. The van der Waals surface area contributed by atoms with Crippen LogP contribution in [-0.4, -0.2) is 78.9 Å². The highest BCUT2D eigenvalue weighted by atomic mass is 16.5. The van der Waals surface area contributed by atoms with Crippen molar-refractivity contribution in [3.05, 3.63) is 35.4 Å². The number of amides is 1. The van der Waals surface area contributed by atoms with Crippen LogP contribution in [-0.2, 0) is 16.1 Å². The standard InChI is InChI=1S/C18H27N3O3/c1-14-4-2-3-5-15(14)10-19-18(23)13-20-11-16(17(22)12-20)21-6-8-24-9-7-21/h2-5,16-17,22H,6-13H2,1H3,(H,19,23). The average molecular weight is 333 g/mol. The van der Waals surface area contributed by atoms with Crippen molar-refractivity contribution in [2.24, 2.45) is 0 Å². The highest BCUT2D eigenvalue weighted by Crippen LogP contribution is 2.17. The van der Waals surface area contributed by atoms with Crippen LogP contribution in [0.2, 0.25) is 0 Å². The number of likely N-dealkylation sites (tertiary alicyclic amines) is 1. The Balaban J connectivity index is 1.46. The lowest BCUT2D eigenvalue weighted by Crippen LogP contribution is -2.49. The number of aliphatic hydroxyl groups is 1. The van der Waals surface area contributed by atoms with E-state index in [1.54, 1.807) is 0 Å². The normalized spacial score (nSPS) is 25.8. The Bertz CT molecular complexity index is 560. The van der Waals surface area contributed by atoms with Gasteiger partial charge in [0.05, 0.1) is 25.9 Å². The maximum absolute atomic E-state index is 12.2. The van der Waals surface area contributed by atoms with E-state index in [9.17, 15) is 9.90 Å². The quantitative estimate of drug-likeness (QED) is 0.793. The zero-order valence-electron chi connectivity index (χ0n) is 14.3. The molecule has 0 aromatic heterocycles. The van der Waals surface area contributed by atoms with Crippen molar-refractivity contribution in [2.75, 3.05) is 45.9 Å². The van der Waals surface area contributed by atoms with Gasteiger partial charge in [0, 0.05) is 38.8 Å². The van der Waals surface area contributed by atoms with Crippen molar-refractivity contribution in [3.8, 4) is 0 Å². The lowest BCUT2D eigenvalue weighted by Gasteiger charge is -2.33. The van der Waals surface area contributed by atoms with E-state index in [0.29, 0.717) is 19.6 Å². The molecule has 1 amide bonds. The van der Waals surface area contributed by atoms with E-state index in [0.717, 1.165) is 38.4 Å². The molecule has 2 atom stereocenters. The second-order valence-corrected chi connectivity index (χ2v) is 6.68. The highest BCUT2D eigenvalue weighted by molar-refractivity contribution is 5.78. The molecule has 1 aromatic rings. The fourth-order valence-electron chi connectivity index (χ4n) is 3.51. The third-order valence-electron chi connectivity index (χ3n) is 4.95. The van der Waals surface area contributed by atoms with Gasteiger partial charge in [-0.15, -0.1) is 0 Å². The van der Waals surface area contributed by atoms with Crippen LogP contribution in [0.3, 0.4) is 0 Å². The van der Waals surface area contributed by atoms with E-state index in [-0.39, 0.29) is 11.9 Å². The second-order valence-electron chi connectivity index (χ2n) is 6.68. The number of aliphatic hydroxyl groups excluding tert-OH is 1. The summed E-state index contributed by atoms with van der Waals surface area (Å²) in [5.74, 6) is 0.00748. The van der Waals surface area contributed by atoms with Crippen molar-refractivity contribution >= 4 is 5.91 Å². The molecule has 0 bridgehead atoms. The number of β-amino-alcohol motifs (C(OH)–C–C–N with tert-alkyl or cyclic N) is 1. The summed E-state index contributed by atoms with van der Waals surface area (Å²) in [4.78, 5) is 16.5. The maximum atomic E-state index is 12.2. The first-order valence-electron chi connectivity index (χ1n) is 8.67. The van der Waals surface area contributed by atoms with Crippen molar-refractivity contribution in [3.63, 3.8) is 0 Å². The van der Waals surface area contributed by atoms with Gasteiger partial charge in [-0.1, -0.05) is 24.3 Å². The summed E-state index contributed by atoms with van der Waals surface area (Å²) in [6, 6.07) is 8.17. The van der Waals surface area contributed by atoms with Crippen LogP contribution < -0.4 is 5.32 Å². The van der Waals surface area contributed by atoms with Crippen LogP contribution in [0.25, 0.3) is 0 Å². The Labute approximate surface area is 143 Å². The number of rotatable bonds is 5. The summed E-state index contributed by atoms with van der Waals surface area (Å²) in [7, 11) is 0. The number of hydrogen-bond acceptors (Lipinski definition) is 5. The van der Waals surface area contributed by atoms with Gasteiger partial charge < -0.3 is 15.2 Å². The SMILES string of the molecule is Cc1ccccc1CNC(=O)CN1CC(O)C(N2CCOCC2)C1. The molecule has 0 spiro atoms. The van der Waals surface area contributed by atoms with E-state index >= 15 is 0 Å². The summed E-state index contributed by atoms with van der Waals surface area (Å²) in [5, 5.41) is 13.3. The van der Waals surface area contributed by atoms with Crippen LogP contribution in [0.15, 0.2) is 24.3 Å². The van der Waals surface area contributed by atoms with Crippen LogP contribution >= 0.6 is 0 Å². The summed E-state index contributed by atoms with van der Waals surface area (Å²) in [6.45, 7) is 7.38. The predicted octanol–water partition coefficient (Wildman–Crippen LogP) is -0.0115. The number of morpholine rings is 1. The van der Waals surface area contributed by atoms with Gasteiger partial charge in [-0.2, -0.15) is 0 Å². The van der Waals surface area contributed by atoms with E-state index < -0.39 is 6.10 Å². The molecule has 2 aliphatic rings. The van der Waals surface area contributed by atoms with E-state index in [1.165, 1.54) is 5.56 Å². The minimum absolute atomic E-state index is 0.00748. The van der Waals surface area contributed by atoms with Crippen LogP contribution in [0.4, 0.5) is 0 Å². The van der Waals surface area contributed by atoms with E-state index in [1.807, 2.05) is 36.1 Å². The number of ether oxygens (including phenoxy) is 1. The van der Waals surface area contributed by atoms with Gasteiger partial charge in [0.25, 0.3) is 0 Å². The summed E-state index contributed by atoms with van der Waals surface area (Å²) in [5.41, 5.74) is 2.32. The zero-order valence-corrected chi connectivity index (χ0v) is 14.3. The Morgan fingerprint density at radius 3 is 2.79 bits per heavy atom. The van der Waals surface area contributed by atoms with E-state index in [2.05, 4.69) is 10.2 Å². The molecule has 6 heteroatoms. The number of benzene rings is 1. The molecule has 2 heterocycles. The Morgan fingerprint density at radius 2 is 2.04 bits per heavy atom. The molecule has 24 heavy (non-hydrogen) atoms. The van der Waals surface area contributed by atoms with Crippen molar-refractivity contribution in [1.29, 1.82) is 0 Å². The van der Waals surface area contributed by atoms with Crippen molar-refractivity contribution < 1.29 is 14.6 Å². The number of hydrogen-bond donors (Lipinski definition) is 2. The monoisotopic (exact) mass is 333 g/mol. The Hall–Kier alpha value is -1.47. The Kier molecular flexibility index (Phi) is 5.84. The van der Waals surface area contributed by atoms with Crippen LogP contribution in [0.5, 0.6) is 0 Å². The van der Waals surface area contributed by atoms with Gasteiger partial charge in [0.15, 0.2) is 0 Å². The first kappa shape index (κ1) is 17.4. The molecule has 132 valence electrons. The molecule has 0 saturated carbocycles. The predicted molar refractivity (Wildman–Crippen MR) is 91.7 cm³/mol. The molecule has 2 aliphatic heterocycles. The fourth-order valence-corrected chi connectivity index (χ4v) is 3.51. The van der Waals surface area contributed by atoms with Crippen molar-refractivity contribution in [2.45, 2.75) is 25.6 Å². The number of nitrogens with zero attached hydrogens (tertiary/aromatic N) is 2. The smallest absolute Gasteiger partial charge is 0.234 e. The van der Waals surface area contributed by atoms with Crippen LogP contribution in [0.1, 0.15) is 11.1 Å². The van der Waals surface area contributed by atoms with Gasteiger partial charge in [-0.25, -0.2) is 0 Å². The second kappa shape index (κ2) is 8.07. The molecule has 2 unspecified atom stereocenters. The molecule has 3 rings (SSSR count). The van der Waals surface area contributed by atoms with Gasteiger partial charge in [0.1, 0.15) is 0 Å². The first-order chi connectivity index (χ1) is 11.6. The fraction of sp³-hybridized carbons (Fsp3) is 0.611. The zero-order chi connectivity index (χ0) is 16.9. The summed E-state index contributed by atoms with van der Waals surface area (Å²) < 4.78 is 5.37. The molecule has 2 N–H and O–H groups in total. The molecule has 6 nitrogen and oxygen atoms in total. The topological polar surface area (TPSA) is 65.0 Å². The van der Waals surface area contributed by atoms with Gasteiger partial charge in [0.2, 0.25) is 5.91 Å². The number of aryl methyl sites for hydroxylation is 1. The third kappa shape index (κ3) is 4.33. The number of nitrogens with one attached hydrogen (secondary N) is 1. The van der Waals surface area contributed by atoms with E-state index in [4.69, 9.17) is 4.74 Å². The van der Waals surface area contributed by atoms with Crippen LogP contribution in [0, 0.1) is 6.92 Å². The minimum Gasteiger partial charge on any atom is -0.390 e. The maximum Gasteiger partial charge on any atom is 0.234 e. The molecular formula is C18H27N3O3. The number of carbonyl (C=O) groups excluding carboxylic acids is 1. The van der Waals surface area contributed by atoms with Crippen molar-refractivity contribution in [1.82, 2.24) is 15.1 Å². The molecule has 2 fully saturated rings. The molecule has 0 aliphatic carbocycles. The highest BCUT2D eigenvalue weighted by Gasteiger charge is 2.36. The Morgan fingerprint density at radius 1 is 1.29 bits per heavy atom.